The van der Waals surface area contributed by atoms with Crippen molar-refractivity contribution in [3.8, 4) is 11.1 Å². The highest BCUT2D eigenvalue weighted by molar-refractivity contribution is 5.95. The summed E-state index contributed by atoms with van der Waals surface area (Å²) in [6, 6.07) is 4.19. The Balaban J connectivity index is 1.74. The first kappa shape index (κ1) is 17.4. The minimum Gasteiger partial charge on any atom is -0.349 e. The Morgan fingerprint density at radius 2 is 1.64 bits per heavy atom. The zero-order valence-corrected chi connectivity index (χ0v) is 13.2. The molecule has 25 heavy (non-hydrogen) atoms. The maximum Gasteiger partial charge on any atom is 0.253 e. The van der Waals surface area contributed by atoms with Crippen LogP contribution in [0.4, 0.5) is 17.6 Å². The van der Waals surface area contributed by atoms with E-state index in [2.05, 4.69) is 10.3 Å². The Morgan fingerprint density at radius 3 is 2.28 bits per heavy atom. The summed E-state index contributed by atoms with van der Waals surface area (Å²) in [5.41, 5.74) is 0.859. The molecule has 1 aliphatic carbocycles. The van der Waals surface area contributed by atoms with E-state index in [9.17, 15) is 22.4 Å². The molecule has 1 aromatic heterocycles. The van der Waals surface area contributed by atoms with Crippen molar-refractivity contribution in [3.63, 3.8) is 0 Å². The first-order valence-electron chi connectivity index (χ1n) is 7.93. The molecule has 2 aromatic rings. The van der Waals surface area contributed by atoms with Crippen LogP contribution in [0.5, 0.6) is 0 Å². The summed E-state index contributed by atoms with van der Waals surface area (Å²) in [5, 5.41) is 2.71. The Hall–Kier alpha value is -2.44. The molecule has 1 N–H and O–H groups in total. The van der Waals surface area contributed by atoms with Gasteiger partial charge >= 0.3 is 0 Å². The van der Waals surface area contributed by atoms with E-state index < -0.39 is 23.5 Å². The van der Waals surface area contributed by atoms with E-state index in [-0.39, 0.29) is 42.9 Å². The molecular weight excluding hydrogens is 336 g/mol. The van der Waals surface area contributed by atoms with Crippen LogP contribution in [0.25, 0.3) is 11.1 Å². The van der Waals surface area contributed by atoms with Gasteiger partial charge in [0.2, 0.25) is 5.92 Å². The smallest absolute Gasteiger partial charge is 0.253 e. The van der Waals surface area contributed by atoms with E-state index in [1.54, 1.807) is 0 Å². The third kappa shape index (κ3) is 4.35. The van der Waals surface area contributed by atoms with E-state index in [1.165, 1.54) is 18.5 Å². The monoisotopic (exact) mass is 352 g/mol. The number of nitrogens with zero attached hydrogens (tertiary/aromatic N) is 1. The fourth-order valence-corrected chi connectivity index (χ4v) is 2.90. The SMILES string of the molecule is O=C(NC1CCC(F)(F)CC1)c1cncc(-c2cc(F)cc(F)c2)c1. The van der Waals surface area contributed by atoms with Gasteiger partial charge in [0.05, 0.1) is 5.56 Å². The van der Waals surface area contributed by atoms with E-state index in [1.807, 2.05) is 0 Å². The van der Waals surface area contributed by atoms with Crippen LogP contribution in [-0.4, -0.2) is 22.9 Å². The molecule has 0 saturated heterocycles. The summed E-state index contributed by atoms with van der Waals surface area (Å²) in [6.07, 6.45) is 2.64. The molecule has 0 atom stereocenters. The second kappa shape index (κ2) is 6.82. The Bertz CT molecular complexity index is 764. The van der Waals surface area contributed by atoms with Crippen molar-refractivity contribution in [2.75, 3.05) is 0 Å². The lowest BCUT2D eigenvalue weighted by Gasteiger charge is -2.28. The topological polar surface area (TPSA) is 42.0 Å². The van der Waals surface area contributed by atoms with Crippen molar-refractivity contribution in [2.24, 2.45) is 0 Å². The fraction of sp³-hybridized carbons (Fsp3) is 0.333. The molecule has 0 spiro atoms. The maximum absolute atomic E-state index is 13.3. The van der Waals surface area contributed by atoms with E-state index in [0.717, 1.165) is 18.2 Å². The summed E-state index contributed by atoms with van der Waals surface area (Å²) in [6.45, 7) is 0. The number of hydrogen-bond acceptors (Lipinski definition) is 2. The quantitative estimate of drug-likeness (QED) is 0.835. The number of alkyl halides is 2. The zero-order valence-electron chi connectivity index (χ0n) is 13.2. The van der Waals surface area contributed by atoms with Crippen molar-refractivity contribution in [1.29, 1.82) is 0 Å². The predicted octanol–water partition coefficient (Wildman–Crippen LogP) is 4.33. The summed E-state index contributed by atoms with van der Waals surface area (Å²) in [4.78, 5) is 16.2. The summed E-state index contributed by atoms with van der Waals surface area (Å²) < 4.78 is 53.0. The molecule has 7 heteroatoms. The van der Waals surface area contributed by atoms with Gasteiger partial charge in [0, 0.05) is 42.9 Å². The normalized spacial score (nSPS) is 17.3. The second-order valence-corrected chi connectivity index (χ2v) is 6.22. The predicted molar refractivity (Wildman–Crippen MR) is 84.3 cm³/mol. The molecule has 1 saturated carbocycles. The van der Waals surface area contributed by atoms with Crippen molar-refractivity contribution < 1.29 is 22.4 Å². The van der Waals surface area contributed by atoms with E-state index in [0.29, 0.717) is 5.56 Å². The van der Waals surface area contributed by atoms with Crippen LogP contribution in [0.15, 0.2) is 36.7 Å². The lowest BCUT2D eigenvalue weighted by Crippen LogP contribution is -2.40. The van der Waals surface area contributed by atoms with Crippen molar-refractivity contribution in [2.45, 2.75) is 37.6 Å². The van der Waals surface area contributed by atoms with Gasteiger partial charge in [-0.05, 0) is 36.6 Å². The summed E-state index contributed by atoms with van der Waals surface area (Å²) >= 11 is 0. The molecule has 1 aromatic carbocycles. The molecule has 1 amide bonds. The molecule has 0 aliphatic heterocycles. The fourth-order valence-electron chi connectivity index (χ4n) is 2.90. The Labute approximate surface area is 142 Å². The number of rotatable bonds is 3. The third-order valence-corrected chi connectivity index (χ3v) is 4.25. The second-order valence-electron chi connectivity index (χ2n) is 6.22. The molecule has 0 unspecified atom stereocenters. The molecule has 1 aliphatic rings. The number of carbonyl (C=O) groups excluding carboxylic acids is 1. The molecule has 132 valence electrons. The van der Waals surface area contributed by atoms with Crippen molar-refractivity contribution in [1.82, 2.24) is 10.3 Å². The number of amides is 1. The lowest BCUT2D eigenvalue weighted by molar-refractivity contribution is -0.0399. The van der Waals surface area contributed by atoms with Crippen LogP contribution in [0, 0.1) is 11.6 Å². The number of aromatic nitrogens is 1. The van der Waals surface area contributed by atoms with Crippen LogP contribution in [0.2, 0.25) is 0 Å². The van der Waals surface area contributed by atoms with Crippen molar-refractivity contribution >= 4 is 5.91 Å². The molecular formula is C18H16F4N2O. The van der Waals surface area contributed by atoms with Gasteiger partial charge in [-0.2, -0.15) is 0 Å². The van der Waals surface area contributed by atoms with Gasteiger partial charge in [0.1, 0.15) is 11.6 Å². The average Bonchev–Trinajstić information content (AvgIpc) is 2.56. The molecule has 0 bridgehead atoms. The number of carbonyl (C=O) groups is 1. The first-order valence-corrected chi connectivity index (χ1v) is 7.93. The highest BCUT2D eigenvalue weighted by atomic mass is 19.3. The highest BCUT2D eigenvalue weighted by Gasteiger charge is 2.35. The standard InChI is InChI=1S/C18H16F4N2O/c19-14-6-11(7-15(20)8-14)12-5-13(10-23-9-12)17(25)24-16-1-3-18(21,22)4-2-16/h5-10,16H,1-4H2,(H,24,25). The van der Waals surface area contributed by atoms with Gasteiger partial charge in [-0.1, -0.05) is 0 Å². The minimum absolute atomic E-state index is 0.208. The third-order valence-electron chi connectivity index (χ3n) is 4.25. The van der Waals surface area contributed by atoms with E-state index in [4.69, 9.17) is 0 Å². The van der Waals surface area contributed by atoms with Gasteiger partial charge in [-0.15, -0.1) is 0 Å². The summed E-state index contributed by atoms with van der Waals surface area (Å²) in [5.74, 6) is -4.56. The van der Waals surface area contributed by atoms with Gasteiger partial charge in [0.15, 0.2) is 0 Å². The Kier molecular flexibility index (Phi) is 4.74. The number of nitrogens with one attached hydrogen (secondary N) is 1. The molecule has 1 fully saturated rings. The molecule has 1 heterocycles. The lowest BCUT2D eigenvalue weighted by atomic mass is 9.92. The van der Waals surface area contributed by atoms with Crippen LogP contribution < -0.4 is 5.32 Å². The maximum atomic E-state index is 13.3. The summed E-state index contributed by atoms with van der Waals surface area (Å²) in [7, 11) is 0. The number of pyridine rings is 1. The largest absolute Gasteiger partial charge is 0.349 e. The average molecular weight is 352 g/mol. The minimum atomic E-state index is -2.66. The van der Waals surface area contributed by atoms with Crippen LogP contribution in [0.3, 0.4) is 0 Å². The zero-order chi connectivity index (χ0) is 18.0. The van der Waals surface area contributed by atoms with Crippen LogP contribution in [0.1, 0.15) is 36.0 Å². The number of benzene rings is 1. The van der Waals surface area contributed by atoms with Gasteiger partial charge in [-0.25, -0.2) is 17.6 Å². The van der Waals surface area contributed by atoms with Gasteiger partial charge in [-0.3, -0.25) is 9.78 Å². The van der Waals surface area contributed by atoms with E-state index >= 15 is 0 Å². The molecule has 3 nitrogen and oxygen atoms in total. The van der Waals surface area contributed by atoms with Crippen molar-refractivity contribution in [3.05, 3.63) is 53.9 Å². The Morgan fingerprint density at radius 1 is 1.00 bits per heavy atom. The van der Waals surface area contributed by atoms with Crippen LogP contribution in [-0.2, 0) is 0 Å². The number of halogens is 4. The molecule has 3 rings (SSSR count). The number of hydrogen-bond donors (Lipinski definition) is 1. The van der Waals surface area contributed by atoms with Crippen LogP contribution >= 0.6 is 0 Å². The van der Waals surface area contributed by atoms with Gasteiger partial charge in [0.25, 0.3) is 5.91 Å². The molecule has 0 radical (unpaired) electrons. The van der Waals surface area contributed by atoms with Gasteiger partial charge < -0.3 is 5.32 Å². The highest BCUT2D eigenvalue weighted by Crippen LogP contribution is 2.33. The first-order chi connectivity index (χ1) is 11.8.